The van der Waals surface area contributed by atoms with E-state index in [1.54, 1.807) is 11.3 Å². The second-order valence-electron chi connectivity index (χ2n) is 5.45. The van der Waals surface area contributed by atoms with E-state index in [1.807, 2.05) is 24.3 Å². The molecule has 4 nitrogen and oxygen atoms in total. The molecule has 3 rings (SSSR count). The van der Waals surface area contributed by atoms with E-state index in [4.69, 9.17) is 4.98 Å². The Morgan fingerprint density at radius 3 is 2.42 bits per heavy atom. The fraction of sp³-hybridized carbons (Fsp3) is 0.158. The van der Waals surface area contributed by atoms with Crippen LogP contribution in [0.25, 0.3) is 21.8 Å². The summed E-state index contributed by atoms with van der Waals surface area (Å²) in [7, 11) is 1.35. The molecule has 0 unspecified atom stereocenters. The molecule has 1 heterocycles. The van der Waals surface area contributed by atoms with Crippen LogP contribution in [0, 0.1) is 6.92 Å². The van der Waals surface area contributed by atoms with Gasteiger partial charge in [0.1, 0.15) is 5.01 Å². The molecule has 24 heavy (non-hydrogen) atoms. The third-order valence-corrected chi connectivity index (χ3v) is 4.57. The molecule has 3 aromatic rings. The minimum atomic E-state index is -0.429. The van der Waals surface area contributed by atoms with Gasteiger partial charge in [0, 0.05) is 23.1 Å². The first-order chi connectivity index (χ1) is 11.7. The maximum atomic E-state index is 11.1. The van der Waals surface area contributed by atoms with Crippen LogP contribution >= 0.6 is 11.3 Å². The van der Waals surface area contributed by atoms with E-state index in [9.17, 15) is 4.79 Å². The summed E-state index contributed by atoms with van der Waals surface area (Å²) in [6.07, 6.45) is -0.429. The summed E-state index contributed by atoms with van der Waals surface area (Å²) in [6, 6.07) is 16.4. The summed E-state index contributed by atoms with van der Waals surface area (Å²) in [4.78, 5) is 15.8. The van der Waals surface area contributed by atoms with Crippen LogP contribution in [-0.2, 0) is 11.3 Å². The van der Waals surface area contributed by atoms with Gasteiger partial charge >= 0.3 is 6.09 Å². The number of benzene rings is 2. The zero-order valence-electron chi connectivity index (χ0n) is 13.6. The minimum absolute atomic E-state index is 0.429. The van der Waals surface area contributed by atoms with Gasteiger partial charge in [-0.15, -0.1) is 11.3 Å². The molecule has 0 atom stereocenters. The standard InChI is InChI=1S/C19H18N2O2S/c1-13-3-7-15(8-4-13)17-12-24-18(21-17)16-9-5-14(6-10-16)11-20-19(22)23-2/h3-10,12H,11H2,1-2H3,(H,20,22). The van der Waals surface area contributed by atoms with Gasteiger partial charge in [0.15, 0.2) is 0 Å². The molecule has 0 radical (unpaired) electrons. The predicted molar refractivity (Wildman–Crippen MR) is 97.0 cm³/mol. The van der Waals surface area contributed by atoms with E-state index >= 15 is 0 Å². The topological polar surface area (TPSA) is 51.2 Å². The lowest BCUT2D eigenvalue weighted by Gasteiger charge is -2.04. The molecule has 1 amide bonds. The number of nitrogens with one attached hydrogen (secondary N) is 1. The molecule has 1 N–H and O–H groups in total. The Morgan fingerprint density at radius 1 is 1.08 bits per heavy atom. The highest BCUT2D eigenvalue weighted by molar-refractivity contribution is 7.13. The molecule has 0 bridgehead atoms. The zero-order valence-corrected chi connectivity index (χ0v) is 14.4. The molecule has 0 aliphatic rings. The number of nitrogens with zero attached hydrogens (tertiary/aromatic N) is 1. The lowest BCUT2D eigenvalue weighted by Crippen LogP contribution is -2.22. The van der Waals surface area contributed by atoms with Crippen LogP contribution in [0.3, 0.4) is 0 Å². The molecular formula is C19H18N2O2S. The maximum Gasteiger partial charge on any atom is 0.407 e. The molecule has 122 valence electrons. The highest BCUT2D eigenvalue weighted by Gasteiger charge is 2.07. The predicted octanol–water partition coefficient (Wildman–Crippen LogP) is 4.64. The van der Waals surface area contributed by atoms with Gasteiger partial charge < -0.3 is 10.1 Å². The van der Waals surface area contributed by atoms with E-state index in [-0.39, 0.29) is 0 Å². The van der Waals surface area contributed by atoms with Crippen molar-refractivity contribution in [2.45, 2.75) is 13.5 Å². The molecular weight excluding hydrogens is 320 g/mol. The van der Waals surface area contributed by atoms with Gasteiger partial charge in [-0.25, -0.2) is 9.78 Å². The average Bonchev–Trinajstić information content (AvgIpc) is 3.11. The Balaban J connectivity index is 1.73. The summed E-state index contributed by atoms with van der Waals surface area (Å²) >= 11 is 1.63. The monoisotopic (exact) mass is 338 g/mol. The van der Waals surface area contributed by atoms with Gasteiger partial charge in [-0.2, -0.15) is 0 Å². The number of ether oxygens (including phenoxy) is 1. The second kappa shape index (κ2) is 7.27. The first-order valence-corrected chi connectivity index (χ1v) is 8.47. The van der Waals surface area contributed by atoms with Crippen molar-refractivity contribution in [2.24, 2.45) is 0 Å². The van der Waals surface area contributed by atoms with E-state index < -0.39 is 6.09 Å². The Bertz CT molecular complexity index is 823. The quantitative estimate of drug-likeness (QED) is 0.754. The highest BCUT2D eigenvalue weighted by Crippen LogP contribution is 2.29. The number of carbonyl (C=O) groups excluding carboxylic acids is 1. The normalized spacial score (nSPS) is 10.4. The van der Waals surface area contributed by atoms with Crippen LogP contribution in [0.2, 0.25) is 0 Å². The summed E-state index contributed by atoms with van der Waals surface area (Å²) < 4.78 is 4.56. The summed E-state index contributed by atoms with van der Waals surface area (Å²) in [5, 5.41) is 5.72. The summed E-state index contributed by atoms with van der Waals surface area (Å²) in [5.41, 5.74) is 5.44. The largest absolute Gasteiger partial charge is 0.453 e. The number of amides is 1. The number of alkyl carbamates (subject to hydrolysis) is 1. The molecule has 0 fully saturated rings. The average molecular weight is 338 g/mol. The smallest absolute Gasteiger partial charge is 0.407 e. The van der Waals surface area contributed by atoms with Gasteiger partial charge in [0.05, 0.1) is 12.8 Å². The van der Waals surface area contributed by atoms with E-state index in [0.29, 0.717) is 6.54 Å². The van der Waals surface area contributed by atoms with Gasteiger partial charge in [0.25, 0.3) is 0 Å². The van der Waals surface area contributed by atoms with Crippen molar-refractivity contribution in [3.63, 3.8) is 0 Å². The zero-order chi connectivity index (χ0) is 16.9. The molecule has 1 aromatic heterocycles. The van der Waals surface area contributed by atoms with Crippen molar-refractivity contribution in [1.82, 2.24) is 10.3 Å². The first-order valence-electron chi connectivity index (χ1n) is 7.59. The van der Waals surface area contributed by atoms with Crippen LogP contribution in [0.5, 0.6) is 0 Å². The molecule has 0 spiro atoms. The lowest BCUT2D eigenvalue weighted by atomic mass is 10.1. The lowest BCUT2D eigenvalue weighted by molar-refractivity contribution is 0.170. The minimum Gasteiger partial charge on any atom is -0.453 e. The Kier molecular flexibility index (Phi) is 4.91. The Hall–Kier alpha value is -2.66. The molecule has 0 aliphatic carbocycles. The number of hydrogen-bond donors (Lipinski definition) is 1. The number of carbonyl (C=O) groups is 1. The van der Waals surface area contributed by atoms with Crippen molar-refractivity contribution in [3.8, 4) is 21.8 Å². The number of aromatic nitrogens is 1. The van der Waals surface area contributed by atoms with E-state index in [1.165, 1.54) is 12.7 Å². The third kappa shape index (κ3) is 3.81. The maximum absolute atomic E-state index is 11.1. The van der Waals surface area contributed by atoms with Gasteiger partial charge in [-0.05, 0) is 12.5 Å². The highest BCUT2D eigenvalue weighted by atomic mass is 32.1. The Morgan fingerprint density at radius 2 is 1.75 bits per heavy atom. The molecule has 0 saturated heterocycles. The SMILES string of the molecule is COC(=O)NCc1ccc(-c2nc(-c3ccc(C)cc3)cs2)cc1. The van der Waals surface area contributed by atoms with Crippen LogP contribution < -0.4 is 5.32 Å². The van der Waals surface area contributed by atoms with Gasteiger partial charge in [-0.3, -0.25) is 0 Å². The number of rotatable bonds is 4. The van der Waals surface area contributed by atoms with Crippen LogP contribution in [0.4, 0.5) is 4.79 Å². The number of methoxy groups -OCH3 is 1. The second-order valence-corrected chi connectivity index (χ2v) is 6.30. The summed E-state index contributed by atoms with van der Waals surface area (Å²) in [6.45, 7) is 2.52. The van der Waals surface area contributed by atoms with Crippen LogP contribution in [0.1, 0.15) is 11.1 Å². The fourth-order valence-corrected chi connectivity index (χ4v) is 3.11. The van der Waals surface area contributed by atoms with Crippen molar-refractivity contribution < 1.29 is 9.53 Å². The number of hydrogen-bond acceptors (Lipinski definition) is 4. The van der Waals surface area contributed by atoms with Crippen molar-refractivity contribution in [3.05, 3.63) is 65.0 Å². The summed E-state index contributed by atoms with van der Waals surface area (Å²) in [5.74, 6) is 0. The molecule has 2 aromatic carbocycles. The van der Waals surface area contributed by atoms with Crippen molar-refractivity contribution in [2.75, 3.05) is 7.11 Å². The first kappa shape index (κ1) is 16.2. The molecule has 5 heteroatoms. The van der Waals surface area contributed by atoms with E-state index in [2.05, 4.69) is 46.6 Å². The van der Waals surface area contributed by atoms with Crippen LogP contribution in [0.15, 0.2) is 53.9 Å². The fourth-order valence-electron chi connectivity index (χ4n) is 2.27. The van der Waals surface area contributed by atoms with Crippen molar-refractivity contribution in [1.29, 1.82) is 0 Å². The van der Waals surface area contributed by atoms with Crippen molar-refractivity contribution >= 4 is 17.4 Å². The molecule has 0 saturated carbocycles. The van der Waals surface area contributed by atoms with Crippen LogP contribution in [-0.4, -0.2) is 18.2 Å². The van der Waals surface area contributed by atoms with E-state index in [0.717, 1.165) is 27.4 Å². The number of thiazole rings is 1. The Labute approximate surface area is 145 Å². The third-order valence-electron chi connectivity index (χ3n) is 3.67. The molecule has 0 aliphatic heterocycles. The van der Waals surface area contributed by atoms with Gasteiger partial charge in [0.2, 0.25) is 0 Å². The number of aryl methyl sites for hydroxylation is 1. The van der Waals surface area contributed by atoms with Gasteiger partial charge in [-0.1, -0.05) is 54.1 Å².